The summed E-state index contributed by atoms with van der Waals surface area (Å²) >= 11 is 0. The van der Waals surface area contributed by atoms with Gasteiger partial charge in [-0.2, -0.15) is 0 Å². The van der Waals surface area contributed by atoms with Crippen molar-refractivity contribution in [2.45, 2.75) is 45.6 Å². The smallest absolute Gasteiger partial charge is 0.328 e. The van der Waals surface area contributed by atoms with Crippen LogP contribution in [-0.4, -0.2) is 53.6 Å². The number of amidine groups is 1. The van der Waals surface area contributed by atoms with Crippen LogP contribution in [0, 0.1) is 18.3 Å². The predicted molar refractivity (Wildman–Crippen MR) is 148 cm³/mol. The molecule has 2 amide bonds. The van der Waals surface area contributed by atoms with E-state index in [2.05, 4.69) is 10.3 Å². The number of aromatic amines is 1. The summed E-state index contributed by atoms with van der Waals surface area (Å²) in [5.41, 5.74) is 8.69. The zero-order valence-corrected chi connectivity index (χ0v) is 22.1. The molecule has 5 N–H and O–H groups in total. The minimum atomic E-state index is -0.997. The first-order valence-electron chi connectivity index (χ1n) is 13.0. The van der Waals surface area contributed by atoms with Gasteiger partial charge in [-0.15, -0.1) is 0 Å². The second kappa shape index (κ2) is 11.9. The number of anilines is 1. The third kappa shape index (κ3) is 6.17. The molecule has 0 spiro atoms. The fraction of sp³-hybridized carbons (Fsp3) is 0.345. The molecule has 0 aliphatic carbocycles. The molecule has 2 atom stereocenters. The van der Waals surface area contributed by atoms with Crippen molar-refractivity contribution < 1.29 is 23.9 Å². The summed E-state index contributed by atoms with van der Waals surface area (Å²) in [4.78, 5) is 56.2. The lowest BCUT2D eigenvalue weighted by atomic mass is 9.97. The van der Waals surface area contributed by atoms with Gasteiger partial charge in [0.05, 0.1) is 6.61 Å². The Morgan fingerprint density at radius 3 is 2.56 bits per heavy atom. The predicted octanol–water partition coefficient (Wildman–Crippen LogP) is 3.21. The molecule has 0 bridgehead atoms. The SMILES string of the molecule is CCOC(=O)C(CCC(=O)CC1CCN(c2ccc(C(=N)N)cc2)C1=O)NC(=O)c1[nH]c2ccccc2c1C. The number of Topliss-reactive ketones (excluding diaryl/α,β-unsaturated/α-hetero) is 1. The highest BCUT2D eigenvalue weighted by Crippen LogP contribution is 2.28. The first-order chi connectivity index (χ1) is 18.7. The molecular weight excluding hydrogens is 498 g/mol. The first kappa shape index (κ1) is 27.6. The zero-order valence-electron chi connectivity index (χ0n) is 22.1. The molecular formula is C29H33N5O5. The number of carbonyl (C=O) groups excluding carboxylic acids is 4. The van der Waals surface area contributed by atoms with Crippen LogP contribution >= 0.6 is 0 Å². The van der Waals surface area contributed by atoms with Crippen molar-refractivity contribution in [3.05, 3.63) is 65.4 Å². The number of amides is 2. The second-order valence-electron chi connectivity index (χ2n) is 9.67. The summed E-state index contributed by atoms with van der Waals surface area (Å²) in [6.45, 7) is 4.14. The van der Waals surface area contributed by atoms with Gasteiger partial charge in [0.1, 0.15) is 23.4 Å². The standard InChI is InChI=1S/C29H33N5O5/c1-3-39-29(38)24(33-27(36)25-17(2)22-6-4-5-7-23(22)32-25)13-12-21(35)16-19-14-15-34(28(19)37)20-10-8-18(9-11-20)26(30)31/h4-11,19,24,32H,3,12-16H2,1-2H3,(H3,30,31)(H,33,36). The average molecular weight is 532 g/mol. The van der Waals surface area contributed by atoms with Gasteiger partial charge >= 0.3 is 5.97 Å². The van der Waals surface area contributed by atoms with Gasteiger partial charge in [0.25, 0.3) is 5.91 Å². The van der Waals surface area contributed by atoms with E-state index in [4.69, 9.17) is 15.9 Å². The number of nitrogens with zero attached hydrogens (tertiary/aromatic N) is 1. The number of ether oxygens (including phenoxy) is 1. The van der Waals surface area contributed by atoms with Crippen LogP contribution in [0.1, 0.15) is 54.2 Å². The highest BCUT2D eigenvalue weighted by molar-refractivity contribution is 6.03. The average Bonchev–Trinajstić information content (AvgIpc) is 3.46. The molecule has 10 nitrogen and oxygen atoms in total. The van der Waals surface area contributed by atoms with E-state index >= 15 is 0 Å². The Balaban J connectivity index is 1.36. The van der Waals surface area contributed by atoms with Crippen LogP contribution in [0.3, 0.4) is 0 Å². The van der Waals surface area contributed by atoms with Gasteiger partial charge in [-0.1, -0.05) is 18.2 Å². The Labute approximate surface area is 226 Å². The number of carbonyl (C=O) groups is 4. The van der Waals surface area contributed by atoms with E-state index in [1.54, 1.807) is 36.1 Å². The van der Waals surface area contributed by atoms with Crippen molar-refractivity contribution in [2.75, 3.05) is 18.1 Å². The third-order valence-corrected chi connectivity index (χ3v) is 7.06. The second-order valence-corrected chi connectivity index (χ2v) is 9.67. The maximum Gasteiger partial charge on any atom is 0.328 e. The van der Waals surface area contributed by atoms with Crippen molar-refractivity contribution in [1.82, 2.24) is 10.3 Å². The van der Waals surface area contributed by atoms with Crippen molar-refractivity contribution >= 4 is 46.0 Å². The Morgan fingerprint density at radius 1 is 1.18 bits per heavy atom. The molecule has 3 aromatic rings. The molecule has 39 heavy (non-hydrogen) atoms. The summed E-state index contributed by atoms with van der Waals surface area (Å²) in [5.74, 6) is -1.85. The number of hydrogen-bond acceptors (Lipinski definition) is 6. The fourth-order valence-electron chi connectivity index (χ4n) is 4.92. The van der Waals surface area contributed by atoms with Crippen molar-refractivity contribution in [3.63, 3.8) is 0 Å². The van der Waals surface area contributed by atoms with Gasteiger partial charge in [0.15, 0.2) is 0 Å². The highest BCUT2D eigenvalue weighted by atomic mass is 16.5. The molecule has 1 saturated heterocycles. The summed E-state index contributed by atoms with van der Waals surface area (Å²) in [6, 6.07) is 13.4. The number of fused-ring (bicyclic) bond motifs is 1. The highest BCUT2D eigenvalue weighted by Gasteiger charge is 2.34. The van der Waals surface area contributed by atoms with Crippen LogP contribution < -0.4 is 16.0 Å². The first-order valence-corrected chi connectivity index (χ1v) is 13.0. The fourth-order valence-corrected chi connectivity index (χ4v) is 4.92. The Bertz CT molecular complexity index is 1410. The topological polar surface area (TPSA) is 158 Å². The van der Waals surface area contributed by atoms with Crippen LogP contribution in [0.5, 0.6) is 0 Å². The molecule has 1 fully saturated rings. The van der Waals surface area contributed by atoms with Crippen LogP contribution in [0.2, 0.25) is 0 Å². The Hall–Kier alpha value is -4.47. The minimum Gasteiger partial charge on any atom is -0.464 e. The molecule has 2 aromatic carbocycles. The number of H-pyrrole nitrogens is 1. The monoisotopic (exact) mass is 531 g/mol. The number of nitrogens with one attached hydrogen (secondary N) is 3. The Morgan fingerprint density at radius 2 is 1.90 bits per heavy atom. The van der Waals surface area contributed by atoms with E-state index in [0.29, 0.717) is 29.9 Å². The van der Waals surface area contributed by atoms with Gasteiger partial charge in [0.2, 0.25) is 5.91 Å². The van der Waals surface area contributed by atoms with E-state index in [1.165, 1.54) is 0 Å². The summed E-state index contributed by atoms with van der Waals surface area (Å²) in [5, 5.41) is 11.1. The van der Waals surface area contributed by atoms with E-state index in [-0.39, 0.29) is 43.4 Å². The number of ketones is 1. The number of aryl methyl sites for hydroxylation is 1. The molecule has 1 aromatic heterocycles. The van der Waals surface area contributed by atoms with Crippen LogP contribution in [-0.2, 0) is 19.1 Å². The van der Waals surface area contributed by atoms with Crippen molar-refractivity contribution in [1.29, 1.82) is 5.41 Å². The van der Waals surface area contributed by atoms with Crippen LogP contribution in [0.4, 0.5) is 5.69 Å². The molecule has 204 valence electrons. The normalized spacial score (nSPS) is 15.8. The molecule has 0 saturated carbocycles. The summed E-state index contributed by atoms with van der Waals surface area (Å²) < 4.78 is 5.14. The van der Waals surface area contributed by atoms with Gasteiger partial charge in [-0.05, 0) is 62.6 Å². The lowest BCUT2D eigenvalue weighted by Gasteiger charge is -2.18. The number of esters is 1. The molecule has 0 radical (unpaired) electrons. The van der Waals surface area contributed by atoms with Gasteiger partial charge in [0, 0.05) is 47.5 Å². The van der Waals surface area contributed by atoms with E-state index in [1.807, 2.05) is 31.2 Å². The van der Waals surface area contributed by atoms with Gasteiger partial charge in [-0.25, -0.2) is 4.79 Å². The van der Waals surface area contributed by atoms with E-state index in [9.17, 15) is 19.2 Å². The van der Waals surface area contributed by atoms with Crippen LogP contribution in [0.25, 0.3) is 10.9 Å². The number of benzene rings is 2. The Kier molecular flexibility index (Phi) is 8.43. The number of nitrogen functional groups attached to an aromatic ring is 1. The van der Waals surface area contributed by atoms with E-state index in [0.717, 1.165) is 16.5 Å². The molecule has 1 aliphatic rings. The number of nitrogens with two attached hydrogens (primary N) is 1. The maximum absolute atomic E-state index is 13.0. The van der Waals surface area contributed by atoms with Crippen LogP contribution in [0.15, 0.2) is 48.5 Å². The lowest BCUT2D eigenvalue weighted by molar-refractivity contribution is -0.145. The quantitative estimate of drug-likeness (QED) is 0.169. The molecule has 10 heteroatoms. The number of hydrogen-bond donors (Lipinski definition) is 4. The number of para-hydroxylation sites is 1. The minimum absolute atomic E-state index is 0.0204. The third-order valence-electron chi connectivity index (χ3n) is 7.06. The van der Waals surface area contributed by atoms with Gasteiger partial charge in [-0.3, -0.25) is 19.8 Å². The van der Waals surface area contributed by atoms with Gasteiger partial charge < -0.3 is 25.7 Å². The molecule has 2 heterocycles. The molecule has 4 rings (SSSR count). The zero-order chi connectivity index (χ0) is 28.1. The number of aromatic nitrogens is 1. The maximum atomic E-state index is 13.0. The molecule has 2 unspecified atom stereocenters. The molecule has 1 aliphatic heterocycles. The van der Waals surface area contributed by atoms with Crippen molar-refractivity contribution in [3.8, 4) is 0 Å². The summed E-state index contributed by atoms with van der Waals surface area (Å²) in [7, 11) is 0. The van der Waals surface area contributed by atoms with E-state index < -0.39 is 23.8 Å². The lowest BCUT2D eigenvalue weighted by Crippen LogP contribution is -2.42. The number of rotatable bonds is 11. The summed E-state index contributed by atoms with van der Waals surface area (Å²) in [6.07, 6.45) is 0.689. The van der Waals surface area contributed by atoms with Crippen molar-refractivity contribution in [2.24, 2.45) is 11.7 Å². The largest absolute Gasteiger partial charge is 0.464 e.